The number of pyridine rings is 1. The topological polar surface area (TPSA) is 74.8 Å². The second-order valence-corrected chi connectivity index (χ2v) is 4.92. The fourth-order valence-corrected chi connectivity index (χ4v) is 2.54. The zero-order valence-electron chi connectivity index (χ0n) is 11.9. The molecule has 3 aromatic rings. The van der Waals surface area contributed by atoms with Gasteiger partial charge in [0.05, 0.1) is 5.52 Å². The number of rotatable bonds is 2. The van der Waals surface area contributed by atoms with E-state index in [1.54, 1.807) is 55.6 Å². The van der Waals surface area contributed by atoms with E-state index in [1.807, 2.05) is 6.07 Å². The summed E-state index contributed by atoms with van der Waals surface area (Å²) in [4.78, 5) is 12.6. The molecule has 0 aliphatic rings. The van der Waals surface area contributed by atoms with Gasteiger partial charge in [-0.25, -0.2) is 0 Å². The smallest absolute Gasteiger partial charge is 0.264 e. The zero-order valence-corrected chi connectivity index (χ0v) is 11.9. The molecule has 0 saturated heterocycles. The molecule has 0 fully saturated rings. The molecular weight excluding hydrogens is 280 g/mol. The standard InChI is InChI=1S/C17H14N2O3/c1-19-13-10-6-5-9-12(13)16(20)14(17(19)21)15(18-22)11-7-3-2-4-8-11/h2-10,20,22H,1H3/b18-15+. The van der Waals surface area contributed by atoms with Crippen LogP contribution in [0.1, 0.15) is 11.1 Å². The Kier molecular flexibility index (Phi) is 3.39. The number of aryl methyl sites for hydroxylation is 1. The lowest BCUT2D eigenvalue weighted by molar-refractivity contribution is 0.319. The largest absolute Gasteiger partial charge is 0.506 e. The third-order valence-corrected chi connectivity index (χ3v) is 3.66. The molecule has 0 aliphatic heterocycles. The maximum absolute atomic E-state index is 12.6. The second-order valence-electron chi connectivity index (χ2n) is 4.92. The number of aromatic hydroxyl groups is 1. The summed E-state index contributed by atoms with van der Waals surface area (Å²) in [5, 5.41) is 23.7. The molecule has 0 spiro atoms. The van der Waals surface area contributed by atoms with Crippen LogP contribution in [0.25, 0.3) is 10.9 Å². The Hall–Kier alpha value is -3.08. The van der Waals surface area contributed by atoms with Gasteiger partial charge in [-0.3, -0.25) is 4.79 Å². The van der Waals surface area contributed by atoms with Crippen molar-refractivity contribution in [2.45, 2.75) is 0 Å². The van der Waals surface area contributed by atoms with Crippen molar-refractivity contribution in [3.8, 4) is 5.75 Å². The molecule has 0 bridgehead atoms. The molecule has 2 N–H and O–H groups in total. The van der Waals surface area contributed by atoms with E-state index in [1.165, 1.54) is 4.57 Å². The molecule has 2 aromatic carbocycles. The second kappa shape index (κ2) is 5.37. The molecule has 0 amide bonds. The van der Waals surface area contributed by atoms with Crippen molar-refractivity contribution in [2.24, 2.45) is 12.2 Å². The van der Waals surface area contributed by atoms with E-state index in [9.17, 15) is 15.1 Å². The summed E-state index contributed by atoms with van der Waals surface area (Å²) in [6, 6.07) is 15.8. The minimum Gasteiger partial charge on any atom is -0.506 e. The van der Waals surface area contributed by atoms with Crippen LogP contribution in [0.2, 0.25) is 0 Å². The summed E-state index contributed by atoms with van der Waals surface area (Å²) < 4.78 is 1.43. The highest BCUT2D eigenvalue weighted by atomic mass is 16.4. The van der Waals surface area contributed by atoms with Crippen LogP contribution in [0.5, 0.6) is 5.75 Å². The highest BCUT2D eigenvalue weighted by Gasteiger charge is 2.20. The molecule has 0 radical (unpaired) electrons. The van der Waals surface area contributed by atoms with Crippen LogP contribution in [0, 0.1) is 0 Å². The van der Waals surface area contributed by atoms with E-state index in [-0.39, 0.29) is 17.0 Å². The summed E-state index contributed by atoms with van der Waals surface area (Å²) >= 11 is 0. The predicted molar refractivity (Wildman–Crippen MR) is 84.7 cm³/mol. The van der Waals surface area contributed by atoms with E-state index in [4.69, 9.17) is 0 Å². The van der Waals surface area contributed by atoms with E-state index in [0.717, 1.165) is 0 Å². The van der Waals surface area contributed by atoms with Gasteiger partial charge in [0.15, 0.2) is 0 Å². The first kappa shape index (κ1) is 13.9. The summed E-state index contributed by atoms with van der Waals surface area (Å²) in [5.74, 6) is -0.185. The Labute approximate surface area is 126 Å². The van der Waals surface area contributed by atoms with Crippen LogP contribution in [0.15, 0.2) is 64.5 Å². The quantitative estimate of drug-likeness (QED) is 0.433. The number of nitrogens with zero attached hydrogens (tertiary/aromatic N) is 2. The van der Waals surface area contributed by atoms with Crippen molar-refractivity contribution in [3.63, 3.8) is 0 Å². The number of fused-ring (bicyclic) bond motifs is 1. The summed E-state index contributed by atoms with van der Waals surface area (Å²) in [6.45, 7) is 0. The van der Waals surface area contributed by atoms with Gasteiger partial charge in [0, 0.05) is 18.0 Å². The molecule has 1 aromatic heterocycles. The maximum atomic E-state index is 12.6. The molecule has 1 heterocycles. The number of para-hydroxylation sites is 1. The fraction of sp³-hybridized carbons (Fsp3) is 0.0588. The van der Waals surface area contributed by atoms with Gasteiger partial charge in [-0.2, -0.15) is 0 Å². The van der Waals surface area contributed by atoms with Crippen molar-refractivity contribution in [3.05, 3.63) is 76.1 Å². The van der Waals surface area contributed by atoms with Gasteiger partial charge in [-0.1, -0.05) is 47.6 Å². The van der Waals surface area contributed by atoms with Gasteiger partial charge in [0.1, 0.15) is 17.0 Å². The molecule has 5 heteroatoms. The van der Waals surface area contributed by atoms with Gasteiger partial charge in [0.25, 0.3) is 5.56 Å². The highest BCUT2D eigenvalue weighted by molar-refractivity contribution is 6.15. The number of hydrogen-bond donors (Lipinski definition) is 2. The minimum absolute atomic E-state index is 0.0186. The molecule has 0 aliphatic carbocycles. The number of benzene rings is 2. The van der Waals surface area contributed by atoms with Crippen LogP contribution >= 0.6 is 0 Å². The van der Waals surface area contributed by atoms with Crippen LogP contribution in [0.3, 0.4) is 0 Å². The summed E-state index contributed by atoms with van der Waals surface area (Å²) in [6.07, 6.45) is 0. The lowest BCUT2D eigenvalue weighted by Crippen LogP contribution is -2.25. The number of hydrogen-bond acceptors (Lipinski definition) is 4. The van der Waals surface area contributed by atoms with Crippen LogP contribution in [0.4, 0.5) is 0 Å². The van der Waals surface area contributed by atoms with Crippen molar-refractivity contribution in [1.29, 1.82) is 0 Å². The molecular formula is C17H14N2O3. The molecule has 22 heavy (non-hydrogen) atoms. The molecule has 110 valence electrons. The Morgan fingerprint density at radius 1 is 1.05 bits per heavy atom. The first-order valence-electron chi connectivity index (χ1n) is 6.73. The van der Waals surface area contributed by atoms with Gasteiger partial charge in [-0.05, 0) is 12.1 Å². The van der Waals surface area contributed by atoms with Gasteiger partial charge in [-0.15, -0.1) is 0 Å². The van der Waals surface area contributed by atoms with Gasteiger partial charge in [0.2, 0.25) is 0 Å². The zero-order chi connectivity index (χ0) is 15.7. The maximum Gasteiger partial charge on any atom is 0.264 e. The normalized spacial score (nSPS) is 11.8. The van der Waals surface area contributed by atoms with Crippen molar-refractivity contribution in [1.82, 2.24) is 4.57 Å². The summed E-state index contributed by atoms with van der Waals surface area (Å²) in [5.41, 5.74) is 0.763. The fourth-order valence-electron chi connectivity index (χ4n) is 2.54. The predicted octanol–water partition coefficient (Wildman–Crippen LogP) is 2.47. The first-order chi connectivity index (χ1) is 10.6. The molecule has 3 rings (SSSR count). The average molecular weight is 294 g/mol. The van der Waals surface area contributed by atoms with E-state index in [0.29, 0.717) is 16.5 Å². The highest BCUT2D eigenvalue weighted by Crippen LogP contribution is 2.27. The lowest BCUT2D eigenvalue weighted by Gasteiger charge is -2.12. The van der Waals surface area contributed by atoms with Gasteiger partial charge < -0.3 is 14.9 Å². The van der Waals surface area contributed by atoms with Gasteiger partial charge >= 0.3 is 0 Å². The Balaban J connectivity index is 2.39. The monoisotopic (exact) mass is 294 g/mol. The van der Waals surface area contributed by atoms with Crippen LogP contribution in [-0.4, -0.2) is 20.6 Å². The Morgan fingerprint density at radius 3 is 2.36 bits per heavy atom. The minimum atomic E-state index is -0.423. The van der Waals surface area contributed by atoms with E-state index >= 15 is 0 Å². The van der Waals surface area contributed by atoms with Crippen molar-refractivity contribution < 1.29 is 10.3 Å². The Morgan fingerprint density at radius 2 is 1.68 bits per heavy atom. The molecule has 5 nitrogen and oxygen atoms in total. The van der Waals surface area contributed by atoms with Crippen LogP contribution < -0.4 is 5.56 Å². The van der Waals surface area contributed by atoms with Crippen LogP contribution in [-0.2, 0) is 7.05 Å². The van der Waals surface area contributed by atoms with Crippen molar-refractivity contribution in [2.75, 3.05) is 0 Å². The van der Waals surface area contributed by atoms with E-state index < -0.39 is 5.56 Å². The first-order valence-corrected chi connectivity index (χ1v) is 6.73. The molecule has 0 unspecified atom stereocenters. The third-order valence-electron chi connectivity index (χ3n) is 3.66. The summed E-state index contributed by atoms with van der Waals surface area (Å²) in [7, 11) is 1.62. The number of oxime groups is 1. The van der Waals surface area contributed by atoms with Crippen molar-refractivity contribution >= 4 is 16.6 Å². The number of aromatic nitrogens is 1. The SMILES string of the molecule is Cn1c(=O)c(/C(=N/O)c2ccccc2)c(O)c2ccccc21. The molecule has 0 saturated carbocycles. The third kappa shape index (κ3) is 2.03. The molecule has 0 atom stereocenters. The Bertz CT molecular complexity index is 928. The lowest BCUT2D eigenvalue weighted by atomic mass is 10.0. The van der Waals surface area contributed by atoms with E-state index in [2.05, 4.69) is 5.16 Å². The average Bonchev–Trinajstić information content (AvgIpc) is 2.57.